The van der Waals surface area contributed by atoms with Crippen LogP contribution in [0.25, 0.3) is 0 Å². The van der Waals surface area contributed by atoms with Crippen molar-refractivity contribution in [3.63, 3.8) is 0 Å². The number of hydrogen-bond acceptors (Lipinski definition) is 4. The predicted octanol–water partition coefficient (Wildman–Crippen LogP) is 3.76. The lowest BCUT2D eigenvalue weighted by molar-refractivity contribution is 0.102. The van der Waals surface area contributed by atoms with Crippen molar-refractivity contribution in [2.24, 2.45) is 5.73 Å². The number of carbonyl (C=O) groups excluding carboxylic acids is 1. The lowest BCUT2D eigenvalue weighted by Gasteiger charge is -2.17. The summed E-state index contributed by atoms with van der Waals surface area (Å²) in [4.78, 5) is 18.3. The SMILES string of the molecule is Cc1cccc(COC(=O)N2C[C@H](c3ccc(Cl)cc3Cl)[C@@H](N)C2)n1. The Balaban J connectivity index is 1.63. The maximum absolute atomic E-state index is 12.3. The van der Waals surface area contributed by atoms with Gasteiger partial charge < -0.3 is 15.4 Å². The van der Waals surface area contributed by atoms with Gasteiger partial charge in [-0.1, -0.05) is 35.3 Å². The molecule has 0 spiro atoms. The number of pyridine rings is 1. The molecule has 1 fully saturated rings. The normalized spacial score (nSPS) is 19.9. The van der Waals surface area contributed by atoms with Gasteiger partial charge in [0.2, 0.25) is 0 Å². The van der Waals surface area contributed by atoms with Crippen molar-refractivity contribution >= 4 is 29.3 Å². The van der Waals surface area contributed by atoms with Crippen molar-refractivity contribution in [2.75, 3.05) is 13.1 Å². The molecule has 7 heteroatoms. The molecule has 0 unspecified atom stereocenters. The first-order chi connectivity index (χ1) is 11.9. The molecule has 0 aliphatic carbocycles. The minimum atomic E-state index is -0.397. The van der Waals surface area contributed by atoms with Crippen LogP contribution in [0.2, 0.25) is 10.0 Å². The molecule has 0 radical (unpaired) electrons. The highest BCUT2D eigenvalue weighted by Gasteiger charge is 2.35. The smallest absolute Gasteiger partial charge is 0.410 e. The molecule has 1 aliphatic rings. The molecule has 1 aromatic carbocycles. The largest absolute Gasteiger partial charge is 0.443 e. The van der Waals surface area contributed by atoms with E-state index in [-0.39, 0.29) is 18.6 Å². The molecule has 0 bridgehead atoms. The fraction of sp³-hybridized carbons (Fsp3) is 0.333. The maximum atomic E-state index is 12.3. The highest BCUT2D eigenvalue weighted by Crippen LogP contribution is 2.33. The van der Waals surface area contributed by atoms with Gasteiger partial charge in [0, 0.05) is 40.8 Å². The van der Waals surface area contributed by atoms with Crippen LogP contribution < -0.4 is 5.73 Å². The summed E-state index contributed by atoms with van der Waals surface area (Å²) in [5.74, 6) is -0.0468. The molecule has 1 saturated heterocycles. The third-order valence-electron chi connectivity index (χ3n) is 4.27. The van der Waals surface area contributed by atoms with Crippen molar-refractivity contribution in [3.8, 4) is 0 Å². The Kier molecular flexibility index (Phi) is 5.47. The Hall–Kier alpha value is -1.82. The van der Waals surface area contributed by atoms with Crippen molar-refractivity contribution in [2.45, 2.75) is 25.5 Å². The fourth-order valence-corrected chi connectivity index (χ4v) is 3.56. The van der Waals surface area contributed by atoms with Gasteiger partial charge in [-0.2, -0.15) is 0 Å². The molecule has 25 heavy (non-hydrogen) atoms. The molecule has 2 aromatic rings. The van der Waals surface area contributed by atoms with Gasteiger partial charge in [-0.05, 0) is 36.8 Å². The summed E-state index contributed by atoms with van der Waals surface area (Å²) in [6, 6.07) is 10.7. The number of amides is 1. The number of carbonyl (C=O) groups is 1. The highest BCUT2D eigenvalue weighted by molar-refractivity contribution is 6.35. The van der Waals surface area contributed by atoms with Crippen LogP contribution in [0.5, 0.6) is 0 Å². The third-order valence-corrected chi connectivity index (χ3v) is 4.84. The van der Waals surface area contributed by atoms with Gasteiger partial charge in [-0.15, -0.1) is 0 Å². The van der Waals surface area contributed by atoms with E-state index in [0.29, 0.717) is 28.8 Å². The average molecular weight is 380 g/mol. The Labute approximate surface area is 156 Å². The van der Waals surface area contributed by atoms with Crippen molar-refractivity contribution in [1.29, 1.82) is 0 Å². The van der Waals surface area contributed by atoms with E-state index in [1.165, 1.54) is 0 Å². The number of hydrogen-bond donors (Lipinski definition) is 1. The van der Waals surface area contributed by atoms with Crippen LogP contribution in [0.15, 0.2) is 36.4 Å². The minimum absolute atomic E-state index is 0.0468. The molecule has 132 valence electrons. The third kappa shape index (κ3) is 4.24. The van der Waals surface area contributed by atoms with Gasteiger partial charge in [0.1, 0.15) is 6.61 Å². The Morgan fingerprint density at radius 3 is 2.84 bits per heavy atom. The predicted molar refractivity (Wildman–Crippen MR) is 97.9 cm³/mol. The minimum Gasteiger partial charge on any atom is -0.443 e. The Bertz CT molecular complexity index is 785. The number of benzene rings is 1. The maximum Gasteiger partial charge on any atom is 0.410 e. The van der Waals surface area contributed by atoms with E-state index in [0.717, 1.165) is 11.3 Å². The summed E-state index contributed by atoms with van der Waals surface area (Å²) < 4.78 is 5.36. The second kappa shape index (κ2) is 7.60. The second-order valence-corrected chi connectivity index (χ2v) is 7.01. The zero-order chi connectivity index (χ0) is 18.0. The molecule has 1 aromatic heterocycles. The van der Waals surface area contributed by atoms with E-state index in [1.807, 2.05) is 31.2 Å². The summed E-state index contributed by atoms with van der Waals surface area (Å²) >= 11 is 12.2. The van der Waals surface area contributed by atoms with Crippen LogP contribution in [0.1, 0.15) is 22.9 Å². The fourth-order valence-electron chi connectivity index (χ4n) is 3.02. The van der Waals surface area contributed by atoms with Crippen LogP contribution in [0.4, 0.5) is 4.79 Å². The first kappa shape index (κ1) is 18.0. The van der Waals surface area contributed by atoms with Crippen LogP contribution in [0, 0.1) is 6.92 Å². The van der Waals surface area contributed by atoms with Crippen LogP contribution in [0.3, 0.4) is 0 Å². The van der Waals surface area contributed by atoms with Crippen LogP contribution in [-0.2, 0) is 11.3 Å². The average Bonchev–Trinajstić information content (AvgIpc) is 2.94. The number of aryl methyl sites for hydroxylation is 1. The van der Waals surface area contributed by atoms with E-state index < -0.39 is 6.09 Å². The van der Waals surface area contributed by atoms with Crippen LogP contribution >= 0.6 is 23.2 Å². The molecule has 0 saturated carbocycles. The van der Waals surface area contributed by atoms with Gasteiger partial charge in [-0.25, -0.2) is 4.79 Å². The van der Waals surface area contributed by atoms with E-state index in [9.17, 15) is 4.79 Å². The zero-order valence-corrected chi connectivity index (χ0v) is 15.3. The first-order valence-electron chi connectivity index (χ1n) is 7.99. The molecule has 1 aliphatic heterocycles. The first-order valence-corrected chi connectivity index (χ1v) is 8.74. The zero-order valence-electron chi connectivity index (χ0n) is 13.8. The monoisotopic (exact) mass is 379 g/mol. The number of likely N-dealkylation sites (tertiary alicyclic amines) is 1. The molecule has 2 N–H and O–H groups in total. The Morgan fingerprint density at radius 1 is 1.32 bits per heavy atom. The summed E-state index contributed by atoms with van der Waals surface area (Å²) in [5.41, 5.74) is 8.72. The molecular formula is C18H19Cl2N3O2. The van der Waals surface area contributed by atoms with Crippen molar-refractivity contribution in [3.05, 3.63) is 63.4 Å². The van der Waals surface area contributed by atoms with E-state index in [2.05, 4.69) is 4.98 Å². The van der Waals surface area contributed by atoms with E-state index in [1.54, 1.807) is 17.0 Å². The molecule has 2 atom stereocenters. The van der Waals surface area contributed by atoms with Gasteiger partial charge >= 0.3 is 6.09 Å². The quantitative estimate of drug-likeness (QED) is 0.881. The summed E-state index contributed by atoms with van der Waals surface area (Å²) in [7, 11) is 0. The summed E-state index contributed by atoms with van der Waals surface area (Å²) in [5, 5.41) is 1.13. The number of ether oxygens (including phenoxy) is 1. The van der Waals surface area contributed by atoms with Gasteiger partial charge in [0.25, 0.3) is 0 Å². The van der Waals surface area contributed by atoms with Crippen molar-refractivity contribution in [1.82, 2.24) is 9.88 Å². The lowest BCUT2D eigenvalue weighted by atomic mass is 9.95. The lowest BCUT2D eigenvalue weighted by Crippen LogP contribution is -2.32. The Morgan fingerprint density at radius 2 is 2.12 bits per heavy atom. The summed E-state index contributed by atoms with van der Waals surface area (Å²) in [6.45, 7) is 2.91. The second-order valence-electron chi connectivity index (χ2n) is 6.17. The van der Waals surface area contributed by atoms with Gasteiger partial charge in [0.15, 0.2) is 0 Å². The van der Waals surface area contributed by atoms with Gasteiger partial charge in [0.05, 0.1) is 5.69 Å². The molecule has 3 rings (SSSR count). The standard InChI is InChI=1S/C18H19Cl2N3O2/c1-11-3-2-4-13(22-11)10-25-18(24)23-8-15(17(21)9-23)14-6-5-12(19)7-16(14)20/h2-7,15,17H,8-10,21H2,1H3/t15-,17+/m1/s1. The van der Waals surface area contributed by atoms with E-state index >= 15 is 0 Å². The topological polar surface area (TPSA) is 68.5 Å². The van der Waals surface area contributed by atoms with Gasteiger partial charge in [-0.3, -0.25) is 4.98 Å². The summed E-state index contributed by atoms with van der Waals surface area (Å²) in [6.07, 6.45) is -0.397. The number of aromatic nitrogens is 1. The van der Waals surface area contributed by atoms with Crippen LogP contribution in [-0.4, -0.2) is 35.1 Å². The molecule has 2 heterocycles. The number of nitrogens with zero attached hydrogens (tertiary/aromatic N) is 2. The highest BCUT2D eigenvalue weighted by atomic mass is 35.5. The molecular weight excluding hydrogens is 361 g/mol. The number of halogens is 2. The van der Waals surface area contributed by atoms with E-state index in [4.69, 9.17) is 33.7 Å². The molecule has 5 nitrogen and oxygen atoms in total. The number of nitrogens with two attached hydrogens (primary N) is 1. The van der Waals surface area contributed by atoms with Crippen molar-refractivity contribution < 1.29 is 9.53 Å². The number of rotatable bonds is 3. The molecule has 1 amide bonds.